The molecule has 5 aromatic rings. The molecular weight excluding hydrogens is 384 g/mol. The average Bonchev–Trinajstić information content (AvgIpc) is 3.43. The number of nitrogens with zero attached hydrogens (tertiary/aromatic N) is 8. The molecule has 0 fully saturated rings. The topological polar surface area (TPSA) is 97.2 Å². The molecule has 0 aliphatic rings. The van der Waals surface area contributed by atoms with Gasteiger partial charge in [0.15, 0.2) is 5.65 Å². The van der Waals surface area contributed by atoms with Gasteiger partial charge in [-0.2, -0.15) is 10.1 Å². The molecule has 152 valence electrons. The molecule has 0 aromatic carbocycles. The van der Waals surface area contributed by atoms with Crippen LogP contribution in [0.4, 0.5) is 0 Å². The molecule has 0 bridgehead atoms. The van der Waals surface area contributed by atoms with Gasteiger partial charge in [-0.25, -0.2) is 14.5 Å². The number of aryl methyl sites for hydroxylation is 2. The van der Waals surface area contributed by atoms with E-state index in [4.69, 9.17) is 9.47 Å². The Kier molecular flexibility index (Phi) is 4.12. The normalized spacial score (nSPS) is 11.5. The first kappa shape index (κ1) is 18.1. The highest BCUT2D eigenvalue weighted by Crippen LogP contribution is 2.31. The molecule has 0 unspecified atom stereocenters. The maximum atomic E-state index is 5.44. The molecule has 0 radical (unpaired) electrons. The van der Waals surface area contributed by atoms with Crippen molar-refractivity contribution in [3.63, 3.8) is 0 Å². The quantitative estimate of drug-likeness (QED) is 0.443. The number of fused-ring (bicyclic) bond motifs is 2. The summed E-state index contributed by atoms with van der Waals surface area (Å²) in [5, 5.41) is 8.61. The maximum Gasteiger partial charge on any atom is 0.241 e. The lowest BCUT2D eigenvalue weighted by atomic mass is 10.1. The number of ether oxygens (including phenoxy) is 2. The number of rotatable bonds is 5. The van der Waals surface area contributed by atoms with Crippen LogP contribution in [0.3, 0.4) is 0 Å². The number of imidazole rings is 1. The Morgan fingerprint density at radius 1 is 1.10 bits per heavy atom. The minimum atomic E-state index is 0.511. The zero-order valence-electron chi connectivity index (χ0n) is 17.1. The van der Waals surface area contributed by atoms with E-state index >= 15 is 0 Å². The molecule has 0 aliphatic carbocycles. The summed E-state index contributed by atoms with van der Waals surface area (Å²) in [6.45, 7) is 2.57. The van der Waals surface area contributed by atoms with E-state index in [9.17, 15) is 0 Å². The maximum absolute atomic E-state index is 5.44. The molecule has 0 N–H and O–H groups in total. The molecule has 0 saturated carbocycles. The van der Waals surface area contributed by atoms with Crippen LogP contribution in [0.5, 0.6) is 11.8 Å². The second kappa shape index (κ2) is 6.83. The lowest BCUT2D eigenvalue weighted by Crippen LogP contribution is -2.07. The van der Waals surface area contributed by atoms with Gasteiger partial charge in [-0.3, -0.25) is 4.68 Å². The van der Waals surface area contributed by atoms with Gasteiger partial charge in [0.1, 0.15) is 17.7 Å². The second-order valence-corrected chi connectivity index (χ2v) is 6.91. The van der Waals surface area contributed by atoms with E-state index in [1.54, 1.807) is 18.7 Å². The van der Waals surface area contributed by atoms with Crippen molar-refractivity contribution in [3.05, 3.63) is 48.4 Å². The van der Waals surface area contributed by atoms with Gasteiger partial charge in [-0.1, -0.05) is 0 Å². The molecule has 5 heterocycles. The molecular formula is C20H20N8O2. The lowest BCUT2D eigenvalue weighted by molar-refractivity contribution is 0.391. The molecule has 0 aliphatic heterocycles. The van der Waals surface area contributed by atoms with Gasteiger partial charge in [0, 0.05) is 36.6 Å². The van der Waals surface area contributed by atoms with E-state index in [0.29, 0.717) is 24.0 Å². The van der Waals surface area contributed by atoms with Crippen molar-refractivity contribution < 1.29 is 9.47 Å². The minimum absolute atomic E-state index is 0.511. The highest BCUT2D eigenvalue weighted by Gasteiger charge is 2.16. The fourth-order valence-electron chi connectivity index (χ4n) is 3.66. The first-order chi connectivity index (χ1) is 14.6. The summed E-state index contributed by atoms with van der Waals surface area (Å²) in [5.41, 5.74) is 5.29. The van der Waals surface area contributed by atoms with Crippen molar-refractivity contribution in [1.29, 1.82) is 0 Å². The van der Waals surface area contributed by atoms with Crippen molar-refractivity contribution in [1.82, 2.24) is 38.9 Å². The summed E-state index contributed by atoms with van der Waals surface area (Å²) >= 11 is 0. The standard InChI is InChI=1S/C20H20N8O2/c1-12-24-19-16(27(12)10-14-8-17(29-3)25-26(14)2)7-13(9-21-19)15-5-6-28-18(15)20(30-4)22-11-23-28/h5-9,11H,10H2,1-4H3. The van der Waals surface area contributed by atoms with Gasteiger partial charge in [0.2, 0.25) is 11.8 Å². The van der Waals surface area contributed by atoms with Gasteiger partial charge in [-0.15, -0.1) is 5.10 Å². The first-order valence-electron chi connectivity index (χ1n) is 9.35. The predicted octanol–water partition coefficient (Wildman–Crippen LogP) is 2.25. The SMILES string of the molecule is COc1cc(Cn2c(C)nc3ncc(-c4ccn5ncnc(OC)c45)cc32)n(C)n1. The van der Waals surface area contributed by atoms with Crippen LogP contribution < -0.4 is 9.47 Å². The second-order valence-electron chi connectivity index (χ2n) is 6.91. The van der Waals surface area contributed by atoms with E-state index in [0.717, 1.165) is 33.7 Å². The minimum Gasteiger partial charge on any atom is -0.480 e. The third kappa shape index (κ3) is 2.76. The van der Waals surface area contributed by atoms with Crippen molar-refractivity contribution in [2.75, 3.05) is 14.2 Å². The largest absolute Gasteiger partial charge is 0.480 e. The smallest absolute Gasteiger partial charge is 0.241 e. The van der Waals surface area contributed by atoms with Gasteiger partial charge < -0.3 is 14.0 Å². The van der Waals surface area contributed by atoms with E-state index in [-0.39, 0.29) is 0 Å². The molecule has 0 atom stereocenters. The molecule has 5 rings (SSSR count). The Balaban J connectivity index is 1.65. The van der Waals surface area contributed by atoms with Crippen LogP contribution in [-0.4, -0.2) is 53.1 Å². The third-order valence-corrected chi connectivity index (χ3v) is 5.20. The third-order valence-electron chi connectivity index (χ3n) is 5.20. The zero-order chi connectivity index (χ0) is 20.8. The predicted molar refractivity (Wildman–Crippen MR) is 110 cm³/mol. The Morgan fingerprint density at radius 2 is 1.97 bits per heavy atom. The van der Waals surface area contributed by atoms with Crippen molar-refractivity contribution in [3.8, 4) is 22.9 Å². The lowest BCUT2D eigenvalue weighted by Gasteiger charge is -2.08. The summed E-state index contributed by atoms with van der Waals surface area (Å²) in [4.78, 5) is 13.4. The number of pyridine rings is 1. The Labute approximate surface area is 171 Å². The van der Waals surface area contributed by atoms with Gasteiger partial charge >= 0.3 is 0 Å². The van der Waals surface area contributed by atoms with E-state index in [1.807, 2.05) is 43.2 Å². The van der Waals surface area contributed by atoms with Gasteiger partial charge in [-0.05, 0) is 19.1 Å². The monoisotopic (exact) mass is 404 g/mol. The van der Waals surface area contributed by atoms with Crippen molar-refractivity contribution in [2.24, 2.45) is 7.05 Å². The van der Waals surface area contributed by atoms with E-state index in [2.05, 4.69) is 35.8 Å². The summed E-state index contributed by atoms with van der Waals surface area (Å²) in [5.74, 6) is 1.97. The summed E-state index contributed by atoms with van der Waals surface area (Å²) < 4.78 is 16.4. The number of hydrogen-bond donors (Lipinski definition) is 0. The van der Waals surface area contributed by atoms with Gasteiger partial charge in [0.25, 0.3) is 0 Å². The summed E-state index contributed by atoms with van der Waals surface area (Å²) in [6, 6.07) is 5.98. The highest BCUT2D eigenvalue weighted by molar-refractivity contribution is 5.87. The van der Waals surface area contributed by atoms with E-state index < -0.39 is 0 Å². The number of methoxy groups -OCH3 is 2. The Hall–Kier alpha value is -3.95. The van der Waals surface area contributed by atoms with Crippen LogP contribution in [-0.2, 0) is 13.6 Å². The molecule has 30 heavy (non-hydrogen) atoms. The first-order valence-corrected chi connectivity index (χ1v) is 9.35. The van der Waals surface area contributed by atoms with Crippen LogP contribution in [0.15, 0.2) is 36.9 Å². The van der Waals surface area contributed by atoms with Crippen LogP contribution in [0, 0.1) is 6.92 Å². The fourth-order valence-corrected chi connectivity index (χ4v) is 3.66. The molecule has 0 amide bonds. The van der Waals surface area contributed by atoms with Crippen LogP contribution in [0.2, 0.25) is 0 Å². The van der Waals surface area contributed by atoms with Gasteiger partial charge in [0.05, 0.1) is 32.0 Å². The molecule has 10 heteroatoms. The van der Waals surface area contributed by atoms with Crippen LogP contribution in [0.1, 0.15) is 11.5 Å². The summed E-state index contributed by atoms with van der Waals surface area (Å²) in [7, 11) is 5.11. The van der Waals surface area contributed by atoms with E-state index in [1.165, 1.54) is 6.33 Å². The highest BCUT2D eigenvalue weighted by atomic mass is 16.5. The molecule has 5 aromatic heterocycles. The Morgan fingerprint density at radius 3 is 2.73 bits per heavy atom. The molecule has 10 nitrogen and oxygen atoms in total. The molecule has 0 spiro atoms. The molecule has 0 saturated heterocycles. The Bertz CT molecular complexity index is 1380. The van der Waals surface area contributed by atoms with Crippen LogP contribution >= 0.6 is 0 Å². The van der Waals surface area contributed by atoms with Crippen molar-refractivity contribution >= 4 is 16.7 Å². The van der Waals surface area contributed by atoms with Crippen LogP contribution in [0.25, 0.3) is 27.8 Å². The summed E-state index contributed by atoms with van der Waals surface area (Å²) in [6.07, 6.45) is 5.16. The zero-order valence-corrected chi connectivity index (χ0v) is 17.1. The van der Waals surface area contributed by atoms with Crippen molar-refractivity contribution in [2.45, 2.75) is 13.5 Å². The number of aromatic nitrogens is 8. The fraction of sp³-hybridized carbons (Fsp3) is 0.250. The number of hydrogen-bond acceptors (Lipinski definition) is 7. The average molecular weight is 404 g/mol.